The Hall–Kier alpha value is -0.120. The van der Waals surface area contributed by atoms with E-state index in [1.165, 1.54) is 65.0 Å². The van der Waals surface area contributed by atoms with E-state index < -0.39 is 0 Å². The third-order valence-corrected chi connectivity index (χ3v) is 4.56. The average molecular weight is 269 g/mol. The topological polar surface area (TPSA) is 18.5 Å². The van der Waals surface area contributed by atoms with E-state index in [1.807, 2.05) is 0 Å². The van der Waals surface area contributed by atoms with Crippen LogP contribution >= 0.6 is 0 Å². The minimum Gasteiger partial charge on any atom is -0.311 e. The van der Waals surface area contributed by atoms with Crippen LogP contribution in [-0.2, 0) is 0 Å². The molecule has 1 heterocycles. The Morgan fingerprint density at radius 3 is 2.32 bits per heavy atom. The highest BCUT2D eigenvalue weighted by molar-refractivity contribution is 4.79. The van der Waals surface area contributed by atoms with Crippen LogP contribution in [0.1, 0.15) is 53.4 Å². The van der Waals surface area contributed by atoms with Crippen molar-refractivity contribution < 1.29 is 0 Å². The summed E-state index contributed by atoms with van der Waals surface area (Å²) >= 11 is 0. The number of hydrogen-bond acceptors (Lipinski definition) is 3. The second kappa shape index (κ2) is 9.73. The molecule has 1 aliphatic heterocycles. The van der Waals surface area contributed by atoms with Crippen molar-refractivity contribution in [3.05, 3.63) is 0 Å². The molecule has 114 valence electrons. The SMILES string of the molecule is CCN(CC)CCCC(C)NC1CCN(CC)CC1. The van der Waals surface area contributed by atoms with Gasteiger partial charge in [-0.2, -0.15) is 0 Å². The van der Waals surface area contributed by atoms with Gasteiger partial charge in [-0.15, -0.1) is 0 Å². The van der Waals surface area contributed by atoms with E-state index in [2.05, 4.69) is 42.8 Å². The fourth-order valence-electron chi connectivity index (χ4n) is 3.06. The molecule has 1 fully saturated rings. The van der Waals surface area contributed by atoms with Gasteiger partial charge in [-0.3, -0.25) is 0 Å². The first-order chi connectivity index (χ1) is 9.19. The Kier molecular flexibility index (Phi) is 8.67. The maximum atomic E-state index is 3.83. The summed E-state index contributed by atoms with van der Waals surface area (Å²) in [7, 11) is 0. The van der Waals surface area contributed by atoms with Crippen molar-refractivity contribution >= 4 is 0 Å². The lowest BCUT2D eigenvalue weighted by atomic mass is 10.0. The highest BCUT2D eigenvalue weighted by Crippen LogP contribution is 2.11. The van der Waals surface area contributed by atoms with Crippen LogP contribution in [0.4, 0.5) is 0 Å². The third kappa shape index (κ3) is 6.73. The summed E-state index contributed by atoms with van der Waals surface area (Å²) in [6, 6.07) is 1.43. The van der Waals surface area contributed by atoms with Crippen molar-refractivity contribution in [1.82, 2.24) is 15.1 Å². The number of piperidine rings is 1. The summed E-state index contributed by atoms with van der Waals surface area (Å²) in [5.74, 6) is 0. The fourth-order valence-corrected chi connectivity index (χ4v) is 3.06. The highest BCUT2D eigenvalue weighted by Gasteiger charge is 2.19. The normalized spacial score (nSPS) is 20.1. The lowest BCUT2D eigenvalue weighted by Gasteiger charge is -2.33. The minimum absolute atomic E-state index is 0.675. The molecule has 1 N–H and O–H groups in total. The van der Waals surface area contributed by atoms with Gasteiger partial charge in [0, 0.05) is 12.1 Å². The van der Waals surface area contributed by atoms with Crippen molar-refractivity contribution in [3.63, 3.8) is 0 Å². The Balaban J connectivity index is 2.09. The number of hydrogen-bond donors (Lipinski definition) is 1. The minimum atomic E-state index is 0.675. The molecule has 1 aliphatic rings. The van der Waals surface area contributed by atoms with Gasteiger partial charge < -0.3 is 15.1 Å². The molecule has 1 unspecified atom stereocenters. The third-order valence-electron chi connectivity index (χ3n) is 4.56. The van der Waals surface area contributed by atoms with E-state index in [9.17, 15) is 0 Å². The first kappa shape index (κ1) is 16.9. The average Bonchev–Trinajstić information content (AvgIpc) is 2.44. The van der Waals surface area contributed by atoms with Gasteiger partial charge in [0.1, 0.15) is 0 Å². The zero-order chi connectivity index (χ0) is 14.1. The molecule has 0 aromatic heterocycles. The van der Waals surface area contributed by atoms with Gasteiger partial charge in [0.2, 0.25) is 0 Å². The van der Waals surface area contributed by atoms with Crippen LogP contribution in [0, 0.1) is 0 Å². The number of nitrogens with zero attached hydrogens (tertiary/aromatic N) is 2. The van der Waals surface area contributed by atoms with Crippen LogP contribution < -0.4 is 5.32 Å². The summed E-state index contributed by atoms with van der Waals surface area (Å²) in [6.07, 6.45) is 5.29. The summed E-state index contributed by atoms with van der Waals surface area (Å²) in [4.78, 5) is 5.08. The molecule has 0 saturated carbocycles. The first-order valence-electron chi connectivity index (χ1n) is 8.40. The van der Waals surface area contributed by atoms with E-state index in [-0.39, 0.29) is 0 Å². The summed E-state index contributed by atoms with van der Waals surface area (Å²) in [6.45, 7) is 16.5. The zero-order valence-corrected chi connectivity index (χ0v) is 13.6. The summed E-state index contributed by atoms with van der Waals surface area (Å²) < 4.78 is 0. The predicted molar refractivity (Wildman–Crippen MR) is 84.8 cm³/mol. The molecule has 1 atom stereocenters. The molecule has 1 rings (SSSR count). The maximum Gasteiger partial charge on any atom is 0.00938 e. The van der Waals surface area contributed by atoms with Gasteiger partial charge in [-0.05, 0) is 71.9 Å². The van der Waals surface area contributed by atoms with E-state index in [0.29, 0.717) is 6.04 Å². The zero-order valence-electron chi connectivity index (χ0n) is 13.6. The molecule has 1 saturated heterocycles. The fraction of sp³-hybridized carbons (Fsp3) is 1.00. The summed E-state index contributed by atoms with van der Waals surface area (Å²) in [5.41, 5.74) is 0. The van der Waals surface area contributed by atoms with Crippen molar-refractivity contribution in [3.8, 4) is 0 Å². The molecule has 0 aromatic carbocycles. The molecular weight excluding hydrogens is 234 g/mol. The van der Waals surface area contributed by atoms with Crippen LogP contribution in [-0.4, -0.2) is 61.2 Å². The van der Waals surface area contributed by atoms with Gasteiger partial charge in [-0.1, -0.05) is 20.8 Å². The highest BCUT2D eigenvalue weighted by atomic mass is 15.1. The smallest absolute Gasteiger partial charge is 0.00938 e. The van der Waals surface area contributed by atoms with Crippen molar-refractivity contribution in [2.75, 3.05) is 39.3 Å². The van der Waals surface area contributed by atoms with Gasteiger partial charge in [0.25, 0.3) is 0 Å². The van der Waals surface area contributed by atoms with Gasteiger partial charge >= 0.3 is 0 Å². The lowest BCUT2D eigenvalue weighted by molar-refractivity contribution is 0.197. The molecule has 0 bridgehead atoms. The van der Waals surface area contributed by atoms with Crippen molar-refractivity contribution in [1.29, 1.82) is 0 Å². The Bertz CT molecular complexity index is 208. The molecule has 0 amide bonds. The number of likely N-dealkylation sites (tertiary alicyclic amines) is 1. The molecule has 3 nitrogen and oxygen atoms in total. The second-order valence-corrected chi connectivity index (χ2v) is 5.95. The second-order valence-electron chi connectivity index (χ2n) is 5.95. The number of nitrogens with one attached hydrogen (secondary N) is 1. The van der Waals surface area contributed by atoms with Crippen LogP contribution in [0.2, 0.25) is 0 Å². The molecule has 0 radical (unpaired) electrons. The largest absolute Gasteiger partial charge is 0.311 e. The molecule has 19 heavy (non-hydrogen) atoms. The lowest BCUT2D eigenvalue weighted by Crippen LogP contribution is -2.45. The van der Waals surface area contributed by atoms with E-state index in [4.69, 9.17) is 0 Å². The Morgan fingerprint density at radius 1 is 1.16 bits per heavy atom. The van der Waals surface area contributed by atoms with E-state index in [0.717, 1.165) is 6.04 Å². The van der Waals surface area contributed by atoms with Gasteiger partial charge in [0.05, 0.1) is 0 Å². The Morgan fingerprint density at radius 2 is 1.79 bits per heavy atom. The summed E-state index contributed by atoms with van der Waals surface area (Å²) in [5, 5.41) is 3.83. The standard InChI is InChI=1S/C16H35N3/c1-5-18(6-2)12-8-9-15(4)17-16-10-13-19(7-3)14-11-16/h15-17H,5-14H2,1-4H3. The molecule has 0 aliphatic carbocycles. The maximum absolute atomic E-state index is 3.83. The first-order valence-corrected chi connectivity index (χ1v) is 8.40. The predicted octanol–water partition coefficient (Wildman–Crippen LogP) is 2.57. The van der Waals surface area contributed by atoms with E-state index in [1.54, 1.807) is 0 Å². The molecule has 3 heteroatoms. The molecule has 0 spiro atoms. The quantitative estimate of drug-likeness (QED) is 0.694. The van der Waals surface area contributed by atoms with Crippen LogP contribution in [0.5, 0.6) is 0 Å². The van der Waals surface area contributed by atoms with Crippen molar-refractivity contribution in [2.24, 2.45) is 0 Å². The van der Waals surface area contributed by atoms with E-state index >= 15 is 0 Å². The van der Waals surface area contributed by atoms with Gasteiger partial charge in [0.15, 0.2) is 0 Å². The van der Waals surface area contributed by atoms with Gasteiger partial charge in [-0.25, -0.2) is 0 Å². The number of rotatable bonds is 9. The molecule has 0 aromatic rings. The van der Waals surface area contributed by atoms with Crippen LogP contribution in [0.3, 0.4) is 0 Å². The van der Waals surface area contributed by atoms with Crippen LogP contribution in [0.25, 0.3) is 0 Å². The molecular formula is C16H35N3. The Labute approximate surface area is 120 Å². The monoisotopic (exact) mass is 269 g/mol. The van der Waals surface area contributed by atoms with Crippen LogP contribution in [0.15, 0.2) is 0 Å². The van der Waals surface area contributed by atoms with Crippen molar-refractivity contribution in [2.45, 2.75) is 65.5 Å².